The fourth-order valence-electron chi connectivity index (χ4n) is 4.98. The first-order chi connectivity index (χ1) is 10.8. The molecule has 0 aromatic heterocycles. The summed E-state index contributed by atoms with van der Waals surface area (Å²) in [6, 6.07) is 1.54. The lowest BCUT2D eigenvalue weighted by atomic mass is 9.87. The maximum atomic E-state index is 12.5. The van der Waals surface area contributed by atoms with Gasteiger partial charge in [0.25, 0.3) is 0 Å². The molecule has 5 nitrogen and oxygen atoms in total. The van der Waals surface area contributed by atoms with Gasteiger partial charge in [0, 0.05) is 31.7 Å². The molecule has 3 aliphatic heterocycles. The van der Waals surface area contributed by atoms with Gasteiger partial charge in [-0.15, -0.1) is 0 Å². The van der Waals surface area contributed by atoms with Gasteiger partial charge < -0.3 is 15.0 Å². The van der Waals surface area contributed by atoms with Crippen molar-refractivity contribution >= 4 is 5.91 Å². The minimum Gasteiger partial charge on any atom is -0.366 e. The summed E-state index contributed by atoms with van der Waals surface area (Å²) < 4.78 is 5.81. The van der Waals surface area contributed by atoms with Crippen molar-refractivity contribution in [2.75, 3.05) is 32.8 Å². The highest BCUT2D eigenvalue weighted by atomic mass is 16.5. The molecule has 3 heterocycles. The summed E-state index contributed by atoms with van der Waals surface area (Å²) in [6.45, 7) is 4.92. The van der Waals surface area contributed by atoms with Crippen molar-refractivity contribution in [1.29, 1.82) is 0 Å². The summed E-state index contributed by atoms with van der Waals surface area (Å²) in [5, 5.41) is 3.47. The molecule has 3 atom stereocenters. The first kappa shape index (κ1) is 14.9. The van der Waals surface area contributed by atoms with E-state index >= 15 is 0 Å². The molecule has 0 unspecified atom stereocenters. The topological polar surface area (TPSA) is 44.8 Å². The number of rotatable bonds is 2. The van der Waals surface area contributed by atoms with Gasteiger partial charge in [-0.2, -0.15) is 0 Å². The van der Waals surface area contributed by atoms with E-state index in [-0.39, 0.29) is 5.91 Å². The number of morpholine rings is 1. The Morgan fingerprint density at radius 3 is 2.59 bits per heavy atom. The van der Waals surface area contributed by atoms with E-state index in [0.29, 0.717) is 24.8 Å². The minimum atomic E-state index is 0.240. The van der Waals surface area contributed by atoms with Crippen LogP contribution in [0.1, 0.15) is 44.9 Å². The fraction of sp³-hybridized carbons (Fsp3) is 0.941. The highest BCUT2D eigenvalue weighted by Gasteiger charge is 2.42. The van der Waals surface area contributed by atoms with Gasteiger partial charge in [0.15, 0.2) is 0 Å². The van der Waals surface area contributed by atoms with E-state index in [4.69, 9.17) is 4.74 Å². The Morgan fingerprint density at radius 2 is 1.82 bits per heavy atom. The van der Waals surface area contributed by atoms with Gasteiger partial charge >= 0.3 is 0 Å². The molecular formula is C17H29N3O2. The van der Waals surface area contributed by atoms with Crippen molar-refractivity contribution in [3.8, 4) is 0 Å². The third kappa shape index (κ3) is 2.79. The van der Waals surface area contributed by atoms with Crippen molar-refractivity contribution in [1.82, 2.24) is 15.1 Å². The Labute approximate surface area is 133 Å². The molecule has 0 radical (unpaired) electrons. The molecule has 1 amide bonds. The van der Waals surface area contributed by atoms with Crippen LogP contribution in [0.5, 0.6) is 0 Å². The minimum absolute atomic E-state index is 0.240. The molecule has 1 N–H and O–H groups in total. The van der Waals surface area contributed by atoms with Crippen molar-refractivity contribution in [3.63, 3.8) is 0 Å². The maximum Gasteiger partial charge on any atom is 0.249 e. The Bertz CT molecular complexity index is 403. The van der Waals surface area contributed by atoms with Crippen molar-refractivity contribution in [3.05, 3.63) is 0 Å². The second-order valence-corrected chi connectivity index (χ2v) is 7.42. The lowest BCUT2D eigenvalue weighted by molar-refractivity contribution is -0.167. The molecule has 0 aromatic rings. The molecular weight excluding hydrogens is 278 g/mol. The predicted molar refractivity (Wildman–Crippen MR) is 84.7 cm³/mol. The largest absolute Gasteiger partial charge is 0.366 e. The summed E-state index contributed by atoms with van der Waals surface area (Å²) in [4.78, 5) is 17.3. The normalized spacial score (nSPS) is 38.3. The molecule has 0 spiro atoms. The average molecular weight is 307 g/mol. The van der Waals surface area contributed by atoms with Crippen LogP contribution in [0, 0.1) is 0 Å². The molecule has 22 heavy (non-hydrogen) atoms. The molecule has 4 rings (SSSR count). The van der Waals surface area contributed by atoms with Crippen LogP contribution in [-0.2, 0) is 9.53 Å². The number of likely N-dealkylation sites (tertiary alicyclic amines) is 1. The Hall–Kier alpha value is -0.650. The first-order valence-corrected chi connectivity index (χ1v) is 9.20. The van der Waals surface area contributed by atoms with E-state index in [1.807, 2.05) is 0 Å². The van der Waals surface area contributed by atoms with Gasteiger partial charge in [-0.05, 0) is 38.6 Å². The zero-order valence-corrected chi connectivity index (χ0v) is 13.5. The SMILES string of the molecule is O=C1CO[C@H]2CCCC[C@@H]2N1C1CCN([C@H]2CCNC2)CC1. The summed E-state index contributed by atoms with van der Waals surface area (Å²) in [5.74, 6) is 0.240. The number of hydrogen-bond donors (Lipinski definition) is 1. The number of nitrogens with one attached hydrogen (secondary N) is 1. The quantitative estimate of drug-likeness (QED) is 0.826. The lowest BCUT2D eigenvalue weighted by Crippen LogP contribution is -2.61. The van der Waals surface area contributed by atoms with Crippen LogP contribution >= 0.6 is 0 Å². The number of amides is 1. The van der Waals surface area contributed by atoms with Crippen molar-refractivity contribution < 1.29 is 9.53 Å². The first-order valence-electron chi connectivity index (χ1n) is 9.20. The molecule has 5 heteroatoms. The summed E-state index contributed by atoms with van der Waals surface area (Å²) in [6.07, 6.45) is 8.67. The third-order valence-corrected chi connectivity index (χ3v) is 6.18. The van der Waals surface area contributed by atoms with Crippen LogP contribution in [0.2, 0.25) is 0 Å². The van der Waals surface area contributed by atoms with E-state index in [9.17, 15) is 4.79 Å². The summed E-state index contributed by atoms with van der Waals surface area (Å²) >= 11 is 0. The van der Waals surface area contributed by atoms with Gasteiger partial charge in [-0.3, -0.25) is 9.69 Å². The van der Waals surface area contributed by atoms with Crippen molar-refractivity contribution in [2.45, 2.75) is 69.2 Å². The van der Waals surface area contributed by atoms with Crippen LogP contribution < -0.4 is 5.32 Å². The monoisotopic (exact) mass is 307 g/mol. The van der Waals surface area contributed by atoms with E-state index in [0.717, 1.165) is 57.9 Å². The Kier molecular flexibility index (Phi) is 4.38. The second-order valence-electron chi connectivity index (χ2n) is 7.42. The van der Waals surface area contributed by atoms with Crippen LogP contribution in [0.15, 0.2) is 0 Å². The highest BCUT2D eigenvalue weighted by Crippen LogP contribution is 2.33. The molecule has 0 aromatic carbocycles. The molecule has 4 aliphatic rings. The summed E-state index contributed by atoms with van der Waals surface area (Å²) in [7, 11) is 0. The van der Waals surface area contributed by atoms with Gasteiger partial charge in [0.1, 0.15) is 6.61 Å². The highest BCUT2D eigenvalue weighted by molar-refractivity contribution is 5.79. The van der Waals surface area contributed by atoms with Crippen molar-refractivity contribution in [2.24, 2.45) is 0 Å². The van der Waals surface area contributed by atoms with Gasteiger partial charge in [0.2, 0.25) is 5.91 Å². The number of carbonyl (C=O) groups is 1. The van der Waals surface area contributed by atoms with E-state index in [2.05, 4.69) is 15.1 Å². The van der Waals surface area contributed by atoms with Gasteiger partial charge in [0.05, 0.1) is 12.1 Å². The zero-order valence-electron chi connectivity index (χ0n) is 13.5. The van der Waals surface area contributed by atoms with Crippen LogP contribution in [0.3, 0.4) is 0 Å². The smallest absolute Gasteiger partial charge is 0.249 e. The molecule has 1 saturated carbocycles. The average Bonchev–Trinajstić information content (AvgIpc) is 3.09. The Balaban J connectivity index is 1.39. The van der Waals surface area contributed by atoms with Gasteiger partial charge in [-0.25, -0.2) is 0 Å². The number of carbonyl (C=O) groups excluding carboxylic acids is 1. The molecule has 0 bridgehead atoms. The molecule has 4 fully saturated rings. The number of ether oxygens (including phenoxy) is 1. The Morgan fingerprint density at radius 1 is 1.00 bits per heavy atom. The predicted octanol–water partition coefficient (Wildman–Crippen LogP) is 0.983. The van der Waals surface area contributed by atoms with Crippen LogP contribution in [-0.4, -0.2) is 72.7 Å². The standard InChI is InChI=1S/C17H29N3O2/c21-17-12-22-16-4-2-1-3-15(16)20(17)13-6-9-19(10-7-13)14-5-8-18-11-14/h13-16,18H,1-12H2/t14-,15-,16-/m0/s1. The van der Waals surface area contributed by atoms with E-state index in [1.165, 1.54) is 19.3 Å². The second kappa shape index (κ2) is 6.46. The van der Waals surface area contributed by atoms with Gasteiger partial charge in [-0.1, -0.05) is 12.8 Å². The van der Waals surface area contributed by atoms with Crippen LogP contribution in [0.25, 0.3) is 0 Å². The fourth-order valence-corrected chi connectivity index (χ4v) is 4.98. The molecule has 124 valence electrons. The molecule has 1 aliphatic carbocycles. The number of hydrogen-bond acceptors (Lipinski definition) is 4. The summed E-state index contributed by atoms with van der Waals surface area (Å²) in [5.41, 5.74) is 0. The number of nitrogens with zero attached hydrogens (tertiary/aromatic N) is 2. The van der Waals surface area contributed by atoms with E-state index < -0.39 is 0 Å². The number of piperidine rings is 1. The number of fused-ring (bicyclic) bond motifs is 1. The van der Waals surface area contributed by atoms with Crippen LogP contribution in [0.4, 0.5) is 0 Å². The maximum absolute atomic E-state index is 12.5. The molecule has 3 saturated heterocycles. The lowest BCUT2D eigenvalue weighted by Gasteiger charge is -2.49. The zero-order chi connectivity index (χ0) is 14.9. The third-order valence-electron chi connectivity index (χ3n) is 6.18. The van der Waals surface area contributed by atoms with E-state index in [1.54, 1.807) is 0 Å².